The third-order valence-electron chi connectivity index (χ3n) is 3.07. The maximum absolute atomic E-state index is 13.2. The van der Waals surface area contributed by atoms with Gasteiger partial charge >= 0.3 is 0 Å². The van der Waals surface area contributed by atoms with Crippen molar-refractivity contribution in [1.82, 2.24) is 0 Å². The number of halogens is 1. The van der Waals surface area contributed by atoms with E-state index >= 15 is 0 Å². The molecule has 0 radical (unpaired) electrons. The largest absolute Gasteiger partial charge is 0.384 e. The predicted octanol–water partition coefficient (Wildman–Crippen LogP) is 3.50. The molecule has 0 aliphatic heterocycles. The maximum atomic E-state index is 13.2. The van der Waals surface area contributed by atoms with Gasteiger partial charge in [-0.2, -0.15) is 0 Å². The van der Waals surface area contributed by atoms with E-state index < -0.39 is 10.7 Å². The van der Waals surface area contributed by atoms with Gasteiger partial charge in [0, 0.05) is 18.3 Å². The zero-order valence-corrected chi connectivity index (χ0v) is 9.93. The summed E-state index contributed by atoms with van der Waals surface area (Å²) in [5.74, 6) is -0.0763. The number of rotatable bonds is 4. The number of benzene rings is 1. The van der Waals surface area contributed by atoms with E-state index in [1.165, 1.54) is 12.1 Å². The number of nitro benzene ring substituents is 1. The summed E-state index contributed by atoms with van der Waals surface area (Å²) in [6, 6.07) is 3.57. The molecule has 18 heavy (non-hydrogen) atoms. The van der Waals surface area contributed by atoms with Crippen molar-refractivity contribution in [3.05, 3.63) is 46.3 Å². The summed E-state index contributed by atoms with van der Waals surface area (Å²) >= 11 is 0. The van der Waals surface area contributed by atoms with Crippen LogP contribution in [0.5, 0.6) is 0 Å². The molecule has 0 saturated heterocycles. The van der Waals surface area contributed by atoms with E-state index in [4.69, 9.17) is 0 Å². The summed E-state index contributed by atoms with van der Waals surface area (Å²) in [5, 5.41) is 13.7. The van der Waals surface area contributed by atoms with Crippen molar-refractivity contribution in [2.24, 2.45) is 5.92 Å². The minimum Gasteiger partial charge on any atom is -0.384 e. The molecule has 1 aliphatic carbocycles. The molecule has 1 aromatic rings. The molecule has 0 heterocycles. The van der Waals surface area contributed by atoms with Crippen LogP contribution >= 0.6 is 0 Å². The first-order chi connectivity index (χ1) is 8.65. The number of allylic oxidation sites excluding steroid dienone is 2. The van der Waals surface area contributed by atoms with Crippen molar-refractivity contribution >= 4 is 11.4 Å². The van der Waals surface area contributed by atoms with Gasteiger partial charge < -0.3 is 5.32 Å². The number of non-ortho nitro benzene ring substituents is 1. The number of nitrogens with zero attached hydrogens (tertiary/aromatic N) is 1. The first-order valence-electron chi connectivity index (χ1n) is 5.99. The fourth-order valence-electron chi connectivity index (χ4n) is 2.09. The lowest BCUT2D eigenvalue weighted by Gasteiger charge is -2.18. The molecule has 2 rings (SSSR count). The Balaban J connectivity index is 2.00. The van der Waals surface area contributed by atoms with Gasteiger partial charge in [-0.3, -0.25) is 10.1 Å². The van der Waals surface area contributed by atoms with Crippen LogP contribution in [-0.2, 0) is 0 Å². The molecule has 1 aromatic carbocycles. The summed E-state index contributed by atoms with van der Waals surface area (Å²) in [4.78, 5) is 10.0. The summed E-state index contributed by atoms with van der Waals surface area (Å²) in [6.07, 6.45) is 7.47. The van der Waals surface area contributed by atoms with E-state index in [0.29, 0.717) is 18.2 Å². The lowest BCUT2D eigenvalue weighted by atomic mass is 9.94. The average molecular weight is 250 g/mol. The maximum Gasteiger partial charge on any atom is 0.274 e. The smallest absolute Gasteiger partial charge is 0.274 e. The van der Waals surface area contributed by atoms with E-state index in [9.17, 15) is 14.5 Å². The minimum absolute atomic E-state index is 0.221. The molecule has 0 aromatic heterocycles. The van der Waals surface area contributed by atoms with Gasteiger partial charge in [-0.15, -0.1) is 0 Å². The fraction of sp³-hybridized carbons (Fsp3) is 0.385. The normalized spacial score (nSPS) is 18.6. The highest BCUT2D eigenvalue weighted by Gasteiger charge is 2.12. The van der Waals surface area contributed by atoms with Crippen LogP contribution in [0.2, 0.25) is 0 Å². The Morgan fingerprint density at radius 3 is 2.89 bits per heavy atom. The van der Waals surface area contributed by atoms with E-state index in [1.54, 1.807) is 0 Å². The second-order valence-corrected chi connectivity index (χ2v) is 4.49. The number of nitro groups is 1. The van der Waals surface area contributed by atoms with Gasteiger partial charge in [0.15, 0.2) is 0 Å². The molecule has 1 N–H and O–H groups in total. The second-order valence-electron chi connectivity index (χ2n) is 4.49. The molecule has 0 saturated carbocycles. The lowest BCUT2D eigenvalue weighted by molar-refractivity contribution is -0.385. The Hall–Kier alpha value is -1.91. The van der Waals surface area contributed by atoms with Crippen LogP contribution in [0.1, 0.15) is 19.3 Å². The predicted molar refractivity (Wildman–Crippen MR) is 68.0 cm³/mol. The van der Waals surface area contributed by atoms with Crippen LogP contribution in [0, 0.1) is 21.8 Å². The monoisotopic (exact) mass is 250 g/mol. The van der Waals surface area contributed by atoms with Crippen molar-refractivity contribution in [2.45, 2.75) is 19.3 Å². The Bertz CT molecular complexity index is 474. The van der Waals surface area contributed by atoms with Crippen molar-refractivity contribution in [2.75, 3.05) is 11.9 Å². The molecule has 96 valence electrons. The molecule has 4 nitrogen and oxygen atoms in total. The fourth-order valence-corrected chi connectivity index (χ4v) is 2.09. The Labute approximate surface area is 105 Å². The van der Waals surface area contributed by atoms with E-state index in [1.807, 2.05) is 0 Å². The Morgan fingerprint density at radius 2 is 2.22 bits per heavy atom. The van der Waals surface area contributed by atoms with Gasteiger partial charge in [0.05, 0.1) is 11.0 Å². The summed E-state index contributed by atoms with van der Waals surface area (Å²) in [5.41, 5.74) is 0.247. The molecule has 0 fully saturated rings. The SMILES string of the molecule is O=[N+]([O-])c1cc(F)cc(NCC2CC=CCC2)c1. The van der Waals surface area contributed by atoms with E-state index in [-0.39, 0.29) is 5.69 Å². The molecule has 1 unspecified atom stereocenters. The van der Waals surface area contributed by atoms with Crippen molar-refractivity contribution in [3.63, 3.8) is 0 Å². The summed E-state index contributed by atoms with van der Waals surface area (Å²) in [7, 11) is 0. The molecular weight excluding hydrogens is 235 g/mol. The highest BCUT2D eigenvalue weighted by atomic mass is 19.1. The molecule has 0 amide bonds. The first-order valence-corrected chi connectivity index (χ1v) is 5.99. The van der Waals surface area contributed by atoms with Crippen LogP contribution in [0.15, 0.2) is 30.4 Å². The molecule has 1 aliphatic rings. The Morgan fingerprint density at radius 1 is 1.39 bits per heavy atom. The Kier molecular flexibility index (Phi) is 3.92. The quantitative estimate of drug-likeness (QED) is 0.505. The molecule has 0 spiro atoms. The average Bonchev–Trinajstić information content (AvgIpc) is 2.37. The van der Waals surface area contributed by atoms with Gasteiger partial charge in [0.1, 0.15) is 5.82 Å². The van der Waals surface area contributed by atoms with Crippen LogP contribution < -0.4 is 5.32 Å². The number of hydrogen-bond acceptors (Lipinski definition) is 3. The second kappa shape index (κ2) is 5.62. The van der Waals surface area contributed by atoms with Gasteiger partial charge in [0.25, 0.3) is 5.69 Å². The molecule has 0 bridgehead atoms. The zero-order chi connectivity index (χ0) is 13.0. The number of hydrogen-bond donors (Lipinski definition) is 1. The highest BCUT2D eigenvalue weighted by Crippen LogP contribution is 2.22. The van der Waals surface area contributed by atoms with Crippen LogP contribution in [0.3, 0.4) is 0 Å². The summed E-state index contributed by atoms with van der Waals surface area (Å²) in [6.45, 7) is 0.713. The van der Waals surface area contributed by atoms with E-state index in [0.717, 1.165) is 25.3 Å². The third kappa shape index (κ3) is 3.29. The van der Waals surface area contributed by atoms with E-state index in [2.05, 4.69) is 17.5 Å². The molecule has 1 atom stereocenters. The van der Waals surface area contributed by atoms with Gasteiger partial charge in [-0.1, -0.05) is 12.2 Å². The minimum atomic E-state index is -0.588. The lowest BCUT2D eigenvalue weighted by Crippen LogP contribution is -2.15. The van der Waals surface area contributed by atoms with Crippen molar-refractivity contribution in [1.29, 1.82) is 0 Å². The highest BCUT2D eigenvalue weighted by molar-refractivity contribution is 5.51. The summed E-state index contributed by atoms with van der Waals surface area (Å²) < 4.78 is 13.2. The van der Waals surface area contributed by atoms with Crippen molar-refractivity contribution < 1.29 is 9.31 Å². The third-order valence-corrected chi connectivity index (χ3v) is 3.07. The van der Waals surface area contributed by atoms with Gasteiger partial charge in [-0.05, 0) is 31.2 Å². The van der Waals surface area contributed by atoms with Crippen LogP contribution in [0.4, 0.5) is 15.8 Å². The molecular formula is C13H15FN2O2. The topological polar surface area (TPSA) is 55.2 Å². The van der Waals surface area contributed by atoms with Crippen LogP contribution in [-0.4, -0.2) is 11.5 Å². The zero-order valence-electron chi connectivity index (χ0n) is 9.93. The van der Waals surface area contributed by atoms with Gasteiger partial charge in [0.2, 0.25) is 0 Å². The van der Waals surface area contributed by atoms with Crippen LogP contribution in [0.25, 0.3) is 0 Å². The van der Waals surface area contributed by atoms with Crippen molar-refractivity contribution in [3.8, 4) is 0 Å². The number of nitrogens with one attached hydrogen (secondary N) is 1. The van der Waals surface area contributed by atoms with Gasteiger partial charge in [-0.25, -0.2) is 4.39 Å². The standard InChI is InChI=1S/C13H15FN2O2/c14-11-6-12(8-13(7-11)16(17)18)15-9-10-4-2-1-3-5-10/h1-2,6-8,10,15H,3-5,9H2. The number of anilines is 1. The molecule has 5 heteroatoms. The first kappa shape index (κ1) is 12.5.